The van der Waals surface area contributed by atoms with Crippen molar-refractivity contribution in [2.75, 3.05) is 25.6 Å². The summed E-state index contributed by atoms with van der Waals surface area (Å²) in [5, 5.41) is 8.89. The zero-order valence-corrected chi connectivity index (χ0v) is 11.9. The van der Waals surface area contributed by atoms with Crippen LogP contribution in [0.1, 0.15) is 12.7 Å². The van der Waals surface area contributed by atoms with Crippen molar-refractivity contribution in [2.24, 2.45) is 0 Å². The van der Waals surface area contributed by atoms with Gasteiger partial charge >= 0.3 is 5.97 Å². The quantitative estimate of drug-likeness (QED) is 0.485. The molecule has 6 heteroatoms. The van der Waals surface area contributed by atoms with Crippen LogP contribution in [-0.2, 0) is 9.53 Å². The minimum atomic E-state index is -0.654. The first-order chi connectivity index (χ1) is 8.49. The van der Waals surface area contributed by atoms with Crippen LogP contribution in [0.3, 0.4) is 0 Å². The Bertz CT molecular complexity index is 512. The van der Waals surface area contributed by atoms with E-state index in [2.05, 4.69) is 15.9 Å². The van der Waals surface area contributed by atoms with Crippen LogP contribution in [0.5, 0.6) is 0 Å². The van der Waals surface area contributed by atoms with Gasteiger partial charge in [-0.25, -0.2) is 4.79 Å². The standard InChI is InChI=1S/C12H13BrN2O3/c1-4-17-12(16)8(7-14)5-9-6-10(13)11(18-9)15(2)3/h5-6H,4H2,1-3H3/b8-5-. The fourth-order valence-electron chi connectivity index (χ4n) is 1.24. The van der Waals surface area contributed by atoms with Crippen molar-refractivity contribution in [3.63, 3.8) is 0 Å². The van der Waals surface area contributed by atoms with Gasteiger partial charge in [0.25, 0.3) is 0 Å². The van der Waals surface area contributed by atoms with Gasteiger partial charge in [0.15, 0.2) is 0 Å². The van der Waals surface area contributed by atoms with Crippen LogP contribution in [0.2, 0.25) is 0 Å². The molecule has 18 heavy (non-hydrogen) atoms. The Kier molecular flexibility index (Phi) is 4.98. The van der Waals surface area contributed by atoms with Crippen LogP contribution in [0.4, 0.5) is 5.88 Å². The maximum absolute atomic E-state index is 11.4. The molecule has 96 valence electrons. The summed E-state index contributed by atoms with van der Waals surface area (Å²) in [6.45, 7) is 1.91. The fraction of sp³-hybridized carbons (Fsp3) is 0.333. The minimum absolute atomic E-state index is 0.0941. The highest BCUT2D eigenvalue weighted by molar-refractivity contribution is 9.10. The van der Waals surface area contributed by atoms with Gasteiger partial charge in [-0.05, 0) is 22.9 Å². The lowest BCUT2D eigenvalue weighted by Gasteiger charge is -2.07. The highest BCUT2D eigenvalue weighted by Crippen LogP contribution is 2.29. The second kappa shape index (κ2) is 6.26. The van der Waals surface area contributed by atoms with E-state index < -0.39 is 5.97 Å². The predicted molar refractivity (Wildman–Crippen MR) is 71.0 cm³/mol. The van der Waals surface area contributed by atoms with Gasteiger partial charge in [0.05, 0.1) is 11.1 Å². The van der Waals surface area contributed by atoms with E-state index in [0.29, 0.717) is 11.6 Å². The number of hydrogen-bond acceptors (Lipinski definition) is 5. The van der Waals surface area contributed by atoms with Gasteiger partial charge in [0.2, 0.25) is 5.88 Å². The third-order valence-corrected chi connectivity index (χ3v) is 2.56. The number of nitriles is 1. The van der Waals surface area contributed by atoms with Gasteiger partial charge in [0, 0.05) is 26.2 Å². The summed E-state index contributed by atoms with van der Waals surface area (Å²) < 4.78 is 11.0. The molecule has 0 saturated heterocycles. The molecule has 1 rings (SSSR count). The number of carbonyl (C=O) groups excluding carboxylic acids is 1. The molecule has 1 aromatic rings. The minimum Gasteiger partial charge on any atom is -0.462 e. The maximum Gasteiger partial charge on any atom is 0.349 e. The van der Waals surface area contributed by atoms with Crippen molar-refractivity contribution in [3.8, 4) is 6.07 Å². The third kappa shape index (κ3) is 3.37. The average Bonchev–Trinajstić information content (AvgIpc) is 2.67. The molecular weight excluding hydrogens is 300 g/mol. The first-order valence-corrected chi connectivity index (χ1v) is 6.04. The fourth-order valence-corrected chi connectivity index (χ4v) is 1.90. The van der Waals surface area contributed by atoms with Gasteiger partial charge in [-0.1, -0.05) is 0 Å². The lowest BCUT2D eigenvalue weighted by atomic mass is 10.2. The first-order valence-electron chi connectivity index (χ1n) is 5.25. The lowest BCUT2D eigenvalue weighted by Crippen LogP contribution is -2.07. The van der Waals surface area contributed by atoms with Crippen LogP contribution in [0.25, 0.3) is 6.08 Å². The highest BCUT2D eigenvalue weighted by Gasteiger charge is 2.14. The second-order valence-corrected chi connectivity index (χ2v) is 4.44. The zero-order chi connectivity index (χ0) is 13.7. The van der Waals surface area contributed by atoms with Crippen molar-refractivity contribution >= 4 is 33.9 Å². The SMILES string of the molecule is CCOC(=O)/C(C#N)=C\c1cc(Br)c(N(C)C)o1. The molecule has 0 radical (unpaired) electrons. The number of anilines is 1. The van der Waals surface area contributed by atoms with Crippen LogP contribution in [-0.4, -0.2) is 26.7 Å². The largest absolute Gasteiger partial charge is 0.462 e. The molecule has 0 aliphatic carbocycles. The topological polar surface area (TPSA) is 66.5 Å². The number of hydrogen-bond donors (Lipinski definition) is 0. The van der Waals surface area contributed by atoms with Crippen LogP contribution in [0.15, 0.2) is 20.5 Å². The van der Waals surface area contributed by atoms with Crippen LogP contribution >= 0.6 is 15.9 Å². The number of furan rings is 1. The normalized spacial score (nSPS) is 10.9. The molecule has 0 fully saturated rings. The molecule has 1 aromatic heterocycles. The Morgan fingerprint density at radius 3 is 2.78 bits per heavy atom. The third-order valence-electron chi connectivity index (χ3n) is 2.00. The number of halogens is 1. The molecule has 0 saturated carbocycles. The van der Waals surface area contributed by atoms with E-state index in [-0.39, 0.29) is 12.2 Å². The Morgan fingerprint density at radius 1 is 1.67 bits per heavy atom. The van der Waals surface area contributed by atoms with E-state index in [1.807, 2.05) is 14.1 Å². The van der Waals surface area contributed by atoms with E-state index in [1.54, 1.807) is 24.0 Å². The number of esters is 1. The first kappa shape index (κ1) is 14.3. The molecule has 0 unspecified atom stereocenters. The smallest absolute Gasteiger partial charge is 0.349 e. The van der Waals surface area contributed by atoms with Gasteiger partial charge < -0.3 is 14.1 Å². The Morgan fingerprint density at radius 2 is 2.33 bits per heavy atom. The molecule has 0 aliphatic heterocycles. The van der Waals surface area contributed by atoms with Crippen molar-refractivity contribution < 1.29 is 13.9 Å². The predicted octanol–water partition coefficient (Wildman–Crippen LogP) is 2.58. The molecule has 1 heterocycles. The summed E-state index contributed by atoms with van der Waals surface area (Å²) >= 11 is 3.33. The van der Waals surface area contributed by atoms with Crippen molar-refractivity contribution in [3.05, 3.63) is 21.9 Å². The Labute approximate surface area is 114 Å². The molecular formula is C12H13BrN2O3. The van der Waals surface area contributed by atoms with Gasteiger partial charge in [0.1, 0.15) is 17.4 Å². The van der Waals surface area contributed by atoms with E-state index in [0.717, 1.165) is 4.47 Å². The molecule has 0 atom stereocenters. The Hall–Kier alpha value is -1.74. The average molecular weight is 313 g/mol. The van der Waals surface area contributed by atoms with Crippen molar-refractivity contribution in [1.82, 2.24) is 0 Å². The zero-order valence-electron chi connectivity index (χ0n) is 10.4. The summed E-state index contributed by atoms with van der Waals surface area (Å²) in [6, 6.07) is 3.48. The summed E-state index contributed by atoms with van der Waals surface area (Å²) in [5.74, 6) is 0.372. The van der Waals surface area contributed by atoms with Crippen molar-refractivity contribution in [2.45, 2.75) is 6.92 Å². The van der Waals surface area contributed by atoms with Gasteiger partial charge in [-0.2, -0.15) is 5.26 Å². The summed E-state index contributed by atoms with van der Waals surface area (Å²) in [7, 11) is 3.65. The summed E-state index contributed by atoms with van der Waals surface area (Å²) in [6.07, 6.45) is 1.36. The van der Waals surface area contributed by atoms with E-state index >= 15 is 0 Å². The van der Waals surface area contributed by atoms with Gasteiger partial charge in [-0.15, -0.1) is 0 Å². The van der Waals surface area contributed by atoms with Crippen molar-refractivity contribution in [1.29, 1.82) is 5.26 Å². The highest BCUT2D eigenvalue weighted by atomic mass is 79.9. The monoisotopic (exact) mass is 312 g/mol. The Balaban J connectivity index is 3.04. The van der Waals surface area contributed by atoms with Crippen LogP contribution < -0.4 is 4.90 Å². The molecule has 0 aliphatic rings. The van der Waals surface area contributed by atoms with E-state index in [4.69, 9.17) is 14.4 Å². The number of carbonyl (C=O) groups is 1. The molecule has 0 amide bonds. The van der Waals surface area contributed by atoms with E-state index in [9.17, 15) is 4.79 Å². The number of rotatable bonds is 4. The summed E-state index contributed by atoms with van der Waals surface area (Å²) in [5.41, 5.74) is -0.0941. The van der Waals surface area contributed by atoms with Crippen LogP contribution in [0, 0.1) is 11.3 Å². The molecule has 0 spiro atoms. The molecule has 0 N–H and O–H groups in total. The lowest BCUT2D eigenvalue weighted by molar-refractivity contribution is -0.137. The molecule has 5 nitrogen and oxygen atoms in total. The number of nitrogens with zero attached hydrogens (tertiary/aromatic N) is 2. The van der Waals surface area contributed by atoms with E-state index in [1.165, 1.54) is 6.08 Å². The summed E-state index contributed by atoms with van der Waals surface area (Å²) in [4.78, 5) is 13.2. The van der Waals surface area contributed by atoms with Gasteiger partial charge in [-0.3, -0.25) is 0 Å². The molecule has 0 bridgehead atoms. The maximum atomic E-state index is 11.4. The molecule has 0 aromatic carbocycles. The number of ether oxygens (including phenoxy) is 1. The second-order valence-electron chi connectivity index (χ2n) is 3.59.